The zero-order chi connectivity index (χ0) is 44.1. The Morgan fingerprint density at radius 1 is 0.800 bits per heavy atom. The number of piperidine rings is 1. The molecule has 0 spiro atoms. The molecule has 4 heterocycles. The second-order valence-corrected chi connectivity index (χ2v) is 16.5. The lowest BCUT2D eigenvalue weighted by Gasteiger charge is -2.48. The van der Waals surface area contributed by atoms with Crippen LogP contribution in [0.4, 0.5) is 0 Å². The highest BCUT2D eigenvalue weighted by molar-refractivity contribution is 5.83. The van der Waals surface area contributed by atoms with Crippen molar-refractivity contribution in [2.75, 3.05) is 45.9 Å². The van der Waals surface area contributed by atoms with Crippen molar-refractivity contribution in [3.05, 3.63) is 0 Å². The van der Waals surface area contributed by atoms with Crippen LogP contribution in [0.2, 0.25) is 0 Å². The van der Waals surface area contributed by atoms with E-state index < -0.39 is 147 Å². The first-order valence-corrected chi connectivity index (χ1v) is 20.4. The molecule has 0 aromatic rings. The summed E-state index contributed by atoms with van der Waals surface area (Å²) >= 11 is 0. The van der Waals surface area contributed by atoms with Gasteiger partial charge in [0.15, 0.2) is 30.6 Å². The Morgan fingerprint density at radius 3 is 1.97 bits per heavy atom. The third-order valence-corrected chi connectivity index (χ3v) is 12.1. The van der Waals surface area contributed by atoms with Crippen molar-refractivity contribution < 1.29 is 79.2 Å². The van der Waals surface area contributed by atoms with Crippen LogP contribution in [0.1, 0.15) is 32.1 Å². The van der Waals surface area contributed by atoms with Gasteiger partial charge >= 0.3 is 0 Å². The number of rotatable bonds is 18. The van der Waals surface area contributed by atoms with E-state index in [0.717, 1.165) is 0 Å². The molecule has 4 saturated heterocycles. The van der Waals surface area contributed by atoms with E-state index in [1.165, 1.54) is 0 Å². The van der Waals surface area contributed by atoms with Crippen LogP contribution in [0.3, 0.4) is 0 Å². The molecule has 0 aromatic carbocycles. The number of ketones is 1. The summed E-state index contributed by atoms with van der Waals surface area (Å²) in [7, 11) is 0. The monoisotopic (exact) mass is 869 g/mol. The Kier molecular flexibility index (Phi) is 17.7. The Balaban J connectivity index is 1.34. The number of ether oxygens (including phenoxy) is 6. The fraction of sp³-hybridized carbons (Fsp3) is 0.943. The molecule has 1 aliphatic carbocycles. The van der Waals surface area contributed by atoms with Crippen LogP contribution in [0.25, 0.3) is 0 Å². The highest BCUT2D eigenvalue weighted by Gasteiger charge is 2.55. The van der Waals surface area contributed by atoms with Crippen LogP contribution >= 0.6 is 0 Å². The van der Waals surface area contributed by atoms with Crippen molar-refractivity contribution in [1.29, 1.82) is 0 Å². The summed E-state index contributed by atoms with van der Waals surface area (Å²) in [6, 6.07) is -3.74. The Bertz CT molecular complexity index is 1390. The number of aliphatic imine (C=N–C) groups is 1. The first-order valence-electron chi connectivity index (χ1n) is 20.4. The number of hydrogen-bond donors (Lipinski definition) is 17. The molecule has 0 radical (unpaired) electrons. The average Bonchev–Trinajstić information content (AvgIpc) is 3.51. The van der Waals surface area contributed by atoms with E-state index in [1.54, 1.807) is 0 Å². The molecule has 23 N–H and O–H groups in total. The fourth-order valence-electron chi connectivity index (χ4n) is 8.37. The fourth-order valence-corrected chi connectivity index (χ4v) is 8.37. The molecule has 5 rings (SSSR count). The first-order chi connectivity index (χ1) is 28.4. The summed E-state index contributed by atoms with van der Waals surface area (Å²) < 4.78 is 35.9. The van der Waals surface area contributed by atoms with Gasteiger partial charge in [-0.15, -0.1) is 0 Å². The molecular weight excluding hydrogens is 802 g/mol. The van der Waals surface area contributed by atoms with Crippen LogP contribution in [0, 0.1) is 5.92 Å². The number of carbonyl (C=O) groups excluding carboxylic acids is 1. The van der Waals surface area contributed by atoms with E-state index in [-0.39, 0.29) is 45.0 Å². The second-order valence-electron chi connectivity index (χ2n) is 16.5. The number of aliphatic hydroxyl groups is 9. The van der Waals surface area contributed by atoms with Gasteiger partial charge in [0.2, 0.25) is 0 Å². The molecule has 20 atom stereocenters. The van der Waals surface area contributed by atoms with Crippen molar-refractivity contribution in [2.24, 2.45) is 45.3 Å². The minimum Gasteiger partial charge on any atom is -0.394 e. The number of Topliss-reactive ketones (excluding diaryl/α,β-unsaturated/α-hetero) is 1. The quantitative estimate of drug-likeness (QED) is 0.0449. The predicted octanol–water partition coefficient (Wildman–Crippen LogP) is -9.88. The first kappa shape index (κ1) is 49.1. The SMILES string of the molecule is NC[C@@H]1O[C@H](O[C@H]2[C@@H](O)[C@H](O[C@@H]3[C@@H](O)[C@H](CC(=O)[C@@H](O)CCN=C(N)N)C[C@H](N)[C@H]3O[C@H]3O[C@H](CNCC4(O)CCNCC4)[C@@H](O)[C@H](O)[C@H]3N)O[C@@H]2CO)[C@H](N)[C@@H](O)[C@@H]1O. The number of guanidine groups is 1. The van der Waals surface area contributed by atoms with E-state index in [2.05, 4.69) is 15.6 Å². The Morgan fingerprint density at radius 2 is 1.37 bits per heavy atom. The number of nitrogens with one attached hydrogen (secondary N) is 2. The zero-order valence-electron chi connectivity index (χ0n) is 33.3. The van der Waals surface area contributed by atoms with Gasteiger partial charge in [0.25, 0.3) is 0 Å². The minimum absolute atomic E-state index is 0.0298. The van der Waals surface area contributed by atoms with Crippen molar-refractivity contribution in [2.45, 2.75) is 154 Å². The maximum atomic E-state index is 13.2. The van der Waals surface area contributed by atoms with Gasteiger partial charge in [0, 0.05) is 45.1 Å². The lowest BCUT2D eigenvalue weighted by Crippen LogP contribution is -2.67. The van der Waals surface area contributed by atoms with E-state index >= 15 is 0 Å². The third kappa shape index (κ3) is 11.6. The van der Waals surface area contributed by atoms with Gasteiger partial charge in [0.1, 0.15) is 73.2 Å². The lowest BCUT2D eigenvalue weighted by molar-refractivity contribution is -0.310. The molecule has 348 valence electrons. The standard InChI is InChI=1S/C35H67N9O16/c36-9-17-23(49)25(51)20(38)31(55-17)59-29-19(11-45)57-33(27(29)53)60-30-22(48)13(8-16(47)15(46)1-4-44-34(40)41)7-14(37)28(30)58-32-21(39)26(52)24(50)18(56-32)10-43-12-35(54)2-5-42-6-3-35/h13-15,17-33,42-43,45-46,48-54H,1-12,36-39H2,(H4,40,41,44)/t13-,14-,15-,17-,18+,19+,20+,21+,22-,23+,24+,25+,26+,27+,28+,29+,30+,31+,32+,33-/m0/s1. The van der Waals surface area contributed by atoms with Crippen LogP contribution in [-0.2, 0) is 33.2 Å². The number of hydrogen-bond acceptors (Lipinski definition) is 23. The molecule has 0 unspecified atom stereocenters. The van der Waals surface area contributed by atoms with E-state index in [0.29, 0.717) is 25.9 Å². The van der Waals surface area contributed by atoms with E-state index in [4.69, 9.17) is 62.8 Å². The van der Waals surface area contributed by atoms with Gasteiger partial charge in [0.05, 0.1) is 30.4 Å². The summed E-state index contributed by atoms with van der Waals surface area (Å²) in [5, 5.41) is 104. The van der Waals surface area contributed by atoms with Gasteiger partial charge in [-0.1, -0.05) is 0 Å². The van der Waals surface area contributed by atoms with Crippen molar-refractivity contribution in [3.63, 3.8) is 0 Å². The minimum atomic E-state index is -1.74. The molecule has 25 heteroatoms. The summed E-state index contributed by atoms with van der Waals surface area (Å²) in [6.07, 6.45) is -22.8. The molecular formula is C35H67N9O16. The number of nitrogens with zero attached hydrogens (tertiary/aromatic N) is 1. The zero-order valence-corrected chi connectivity index (χ0v) is 33.3. The maximum absolute atomic E-state index is 13.2. The number of aliphatic hydroxyl groups excluding tert-OH is 8. The molecule has 60 heavy (non-hydrogen) atoms. The molecule has 0 bridgehead atoms. The van der Waals surface area contributed by atoms with E-state index in [9.17, 15) is 50.8 Å². The lowest BCUT2D eigenvalue weighted by atomic mass is 9.76. The van der Waals surface area contributed by atoms with Gasteiger partial charge in [-0.2, -0.15) is 0 Å². The largest absolute Gasteiger partial charge is 0.394 e. The van der Waals surface area contributed by atoms with Gasteiger partial charge in [-0.05, 0) is 38.3 Å². The number of carbonyl (C=O) groups is 1. The Hall–Kier alpha value is -1.90. The normalized spacial score (nSPS) is 44.0. The van der Waals surface area contributed by atoms with Crippen LogP contribution in [0.5, 0.6) is 0 Å². The van der Waals surface area contributed by atoms with Gasteiger partial charge in [-0.3, -0.25) is 9.79 Å². The summed E-state index contributed by atoms with van der Waals surface area (Å²) in [4.78, 5) is 16.9. The molecule has 0 aromatic heterocycles. The van der Waals surface area contributed by atoms with Gasteiger partial charge in [-0.25, -0.2) is 0 Å². The predicted molar refractivity (Wildman–Crippen MR) is 206 cm³/mol. The van der Waals surface area contributed by atoms with Gasteiger partial charge < -0.3 is 119 Å². The smallest absolute Gasteiger partial charge is 0.187 e. The molecule has 25 nitrogen and oxygen atoms in total. The number of nitrogens with two attached hydrogens (primary N) is 6. The van der Waals surface area contributed by atoms with Crippen LogP contribution in [0.15, 0.2) is 4.99 Å². The van der Waals surface area contributed by atoms with Crippen LogP contribution < -0.4 is 45.0 Å². The molecule has 1 saturated carbocycles. The summed E-state index contributed by atoms with van der Waals surface area (Å²) in [5.41, 5.74) is 34.4. The topological polar surface area (TPSA) is 447 Å². The summed E-state index contributed by atoms with van der Waals surface area (Å²) in [6.45, 7) is 0.400. The Labute approximate surface area is 346 Å². The van der Waals surface area contributed by atoms with E-state index in [1.807, 2.05) is 0 Å². The highest BCUT2D eigenvalue weighted by Crippen LogP contribution is 2.37. The third-order valence-electron chi connectivity index (χ3n) is 12.1. The average molecular weight is 870 g/mol. The second kappa shape index (κ2) is 21.7. The molecule has 5 fully saturated rings. The van der Waals surface area contributed by atoms with Crippen molar-refractivity contribution in [1.82, 2.24) is 10.6 Å². The summed E-state index contributed by atoms with van der Waals surface area (Å²) in [5.74, 6) is -1.85. The van der Waals surface area contributed by atoms with Crippen molar-refractivity contribution in [3.8, 4) is 0 Å². The molecule has 5 aliphatic rings. The van der Waals surface area contributed by atoms with Crippen molar-refractivity contribution >= 4 is 11.7 Å². The van der Waals surface area contributed by atoms with Crippen LogP contribution in [-0.4, -0.2) is 226 Å². The maximum Gasteiger partial charge on any atom is 0.187 e. The highest BCUT2D eigenvalue weighted by atomic mass is 16.8. The molecule has 4 aliphatic heterocycles. The molecule has 0 amide bonds.